The van der Waals surface area contributed by atoms with E-state index in [0.717, 1.165) is 11.9 Å². The molecule has 0 aliphatic heterocycles. The second-order valence-electron chi connectivity index (χ2n) is 4.40. The van der Waals surface area contributed by atoms with Crippen LogP contribution in [0.25, 0.3) is 0 Å². The molecule has 0 bridgehead atoms. The van der Waals surface area contributed by atoms with Crippen molar-refractivity contribution >= 4 is 33.2 Å². The van der Waals surface area contributed by atoms with E-state index >= 15 is 0 Å². The molecule has 1 fully saturated rings. The fraction of sp³-hybridized carbons (Fsp3) is 0.636. The average molecular weight is 303 g/mol. The molecular weight excluding hydrogens is 288 g/mol. The maximum atomic E-state index is 11.7. The molecule has 1 saturated carbocycles. The van der Waals surface area contributed by atoms with Crippen molar-refractivity contribution in [2.24, 2.45) is 5.41 Å². The van der Waals surface area contributed by atoms with Gasteiger partial charge in [-0.25, -0.2) is 4.98 Å². The first-order valence-corrected chi connectivity index (χ1v) is 7.55. The number of carbonyl (C=O) groups excluding carboxylic acids is 1. The third kappa shape index (κ3) is 2.63. The molecule has 0 radical (unpaired) electrons. The highest BCUT2D eigenvalue weighted by molar-refractivity contribution is 9.09. The van der Waals surface area contributed by atoms with E-state index in [9.17, 15) is 4.79 Å². The van der Waals surface area contributed by atoms with Gasteiger partial charge in [0.2, 0.25) is 0 Å². The number of nitrogens with one attached hydrogen (secondary N) is 1. The molecule has 1 aromatic rings. The van der Waals surface area contributed by atoms with Crippen LogP contribution in [0.4, 0.5) is 0 Å². The Bertz CT molecular complexity index is 347. The Morgan fingerprint density at radius 2 is 2.31 bits per heavy atom. The minimum atomic E-state index is -0.0477. The summed E-state index contributed by atoms with van der Waals surface area (Å²) >= 11 is 5.02. The molecule has 0 saturated heterocycles. The number of amides is 1. The zero-order valence-corrected chi connectivity index (χ0v) is 11.4. The topological polar surface area (TPSA) is 42.0 Å². The maximum Gasteiger partial charge on any atom is 0.270 e. The normalized spacial score (nSPS) is 18.6. The van der Waals surface area contributed by atoms with E-state index in [1.54, 1.807) is 10.9 Å². The number of rotatable bonds is 4. The first-order chi connectivity index (χ1) is 7.76. The third-order valence-electron chi connectivity index (χ3n) is 3.24. The van der Waals surface area contributed by atoms with E-state index in [2.05, 4.69) is 26.2 Å². The Balaban J connectivity index is 1.89. The summed E-state index contributed by atoms with van der Waals surface area (Å²) in [6.45, 7) is 0.759. The summed E-state index contributed by atoms with van der Waals surface area (Å²) in [4.78, 5) is 15.7. The van der Waals surface area contributed by atoms with Gasteiger partial charge in [-0.1, -0.05) is 28.8 Å². The van der Waals surface area contributed by atoms with Crippen LogP contribution in [0.1, 0.15) is 36.2 Å². The second-order valence-corrected chi connectivity index (χ2v) is 5.68. The summed E-state index contributed by atoms with van der Waals surface area (Å²) in [5, 5.41) is 5.75. The number of halogens is 1. The summed E-state index contributed by atoms with van der Waals surface area (Å²) < 4.78 is 0. The fourth-order valence-corrected chi connectivity index (χ4v) is 3.46. The van der Waals surface area contributed by atoms with Crippen molar-refractivity contribution in [2.45, 2.75) is 25.7 Å². The maximum absolute atomic E-state index is 11.7. The minimum absolute atomic E-state index is 0.0477. The number of hydrogen-bond acceptors (Lipinski definition) is 3. The molecule has 1 heterocycles. The van der Waals surface area contributed by atoms with Gasteiger partial charge in [-0.3, -0.25) is 4.79 Å². The molecule has 0 atom stereocenters. The number of carbonyl (C=O) groups is 1. The summed E-state index contributed by atoms with van der Waals surface area (Å²) in [6.07, 6.45) is 4.96. The van der Waals surface area contributed by atoms with Crippen LogP contribution in [0.3, 0.4) is 0 Å². The highest BCUT2D eigenvalue weighted by atomic mass is 79.9. The lowest BCUT2D eigenvalue weighted by atomic mass is 9.89. The molecule has 88 valence electrons. The molecular formula is C11H15BrN2OS. The van der Waals surface area contributed by atoms with Crippen LogP contribution >= 0.6 is 27.3 Å². The van der Waals surface area contributed by atoms with Gasteiger partial charge in [-0.05, 0) is 18.3 Å². The van der Waals surface area contributed by atoms with Crippen molar-refractivity contribution < 1.29 is 4.79 Å². The molecule has 3 nitrogen and oxygen atoms in total. The van der Waals surface area contributed by atoms with Gasteiger partial charge in [0.15, 0.2) is 0 Å². The first kappa shape index (κ1) is 12.0. The summed E-state index contributed by atoms with van der Waals surface area (Å²) in [5.74, 6) is -0.0477. The van der Waals surface area contributed by atoms with Gasteiger partial charge in [-0.2, -0.15) is 0 Å². The summed E-state index contributed by atoms with van der Waals surface area (Å²) in [6, 6.07) is 0. The highest BCUT2D eigenvalue weighted by Crippen LogP contribution is 2.38. The number of thiazole rings is 1. The summed E-state index contributed by atoms with van der Waals surface area (Å²) in [7, 11) is 0. The lowest BCUT2D eigenvalue weighted by molar-refractivity contribution is 0.0931. The standard InChI is InChI=1S/C11H15BrN2OS/c12-6-11(3-1-2-4-11)7-13-10(15)9-5-16-8-14-9/h5,8H,1-4,6-7H2,(H,13,15). The van der Waals surface area contributed by atoms with Gasteiger partial charge in [0.25, 0.3) is 5.91 Å². The Morgan fingerprint density at radius 1 is 1.56 bits per heavy atom. The molecule has 1 aliphatic carbocycles. The Morgan fingerprint density at radius 3 is 2.88 bits per heavy atom. The van der Waals surface area contributed by atoms with E-state index in [1.165, 1.54) is 37.0 Å². The molecule has 1 aliphatic rings. The minimum Gasteiger partial charge on any atom is -0.350 e. The monoisotopic (exact) mass is 302 g/mol. The van der Waals surface area contributed by atoms with Gasteiger partial charge >= 0.3 is 0 Å². The predicted octanol–water partition coefficient (Wildman–Crippen LogP) is 2.83. The van der Waals surface area contributed by atoms with Crippen molar-refractivity contribution in [2.75, 3.05) is 11.9 Å². The van der Waals surface area contributed by atoms with Crippen molar-refractivity contribution in [3.63, 3.8) is 0 Å². The van der Waals surface area contributed by atoms with Crippen molar-refractivity contribution in [3.05, 3.63) is 16.6 Å². The van der Waals surface area contributed by atoms with Crippen LogP contribution in [0, 0.1) is 5.41 Å². The lowest BCUT2D eigenvalue weighted by Gasteiger charge is -2.26. The lowest BCUT2D eigenvalue weighted by Crippen LogP contribution is -2.37. The van der Waals surface area contributed by atoms with Crippen molar-refractivity contribution in [1.29, 1.82) is 0 Å². The predicted molar refractivity (Wildman–Crippen MR) is 69.1 cm³/mol. The summed E-state index contributed by atoms with van der Waals surface area (Å²) in [5.41, 5.74) is 2.49. The second kappa shape index (κ2) is 5.27. The van der Waals surface area contributed by atoms with Gasteiger partial charge in [0.1, 0.15) is 5.69 Å². The number of alkyl halides is 1. The molecule has 2 rings (SSSR count). The van der Waals surface area contributed by atoms with Crippen molar-refractivity contribution in [3.8, 4) is 0 Å². The molecule has 1 aromatic heterocycles. The highest BCUT2D eigenvalue weighted by Gasteiger charge is 2.33. The van der Waals surface area contributed by atoms with Crippen molar-refractivity contribution in [1.82, 2.24) is 10.3 Å². The molecule has 1 N–H and O–H groups in total. The zero-order chi connectivity index (χ0) is 11.4. The zero-order valence-electron chi connectivity index (χ0n) is 9.04. The molecule has 16 heavy (non-hydrogen) atoms. The van der Waals surface area contributed by atoms with Gasteiger partial charge in [0.05, 0.1) is 5.51 Å². The van der Waals surface area contributed by atoms with Crippen LogP contribution in [0.2, 0.25) is 0 Å². The van der Waals surface area contributed by atoms with Crippen LogP contribution in [-0.2, 0) is 0 Å². The number of nitrogens with zero attached hydrogens (tertiary/aromatic N) is 1. The van der Waals surface area contributed by atoms with E-state index in [0.29, 0.717) is 5.69 Å². The molecule has 5 heteroatoms. The van der Waals surface area contributed by atoms with E-state index in [-0.39, 0.29) is 11.3 Å². The quantitative estimate of drug-likeness (QED) is 0.869. The Kier molecular flexibility index (Phi) is 3.97. The Hall–Kier alpha value is -0.420. The van der Waals surface area contributed by atoms with Gasteiger partial charge in [0, 0.05) is 17.3 Å². The molecule has 0 spiro atoms. The van der Waals surface area contributed by atoms with E-state index in [4.69, 9.17) is 0 Å². The van der Waals surface area contributed by atoms with Gasteiger partial charge in [-0.15, -0.1) is 11.3 Å². The average Bonchev–Trinajstić information content (AvgIpc) is 2.98. The SMILES string of the molecule is O=C(NCC1(CBr)CCCC1)c1cscn1. The van der Waals surface area contributed by atoms with E-state index < -0.39 is 0 Å². The van der Waals surface area contributed by atoms with Crippen LogP contribution < -0.4 is 5.32 Å². The molecule has 0 aromatic carbocycles. The molecule has 1 amide bonds. The van der Waals surface area contributed by atoms with Gasteiger partial charge < -0.3 is 5.32 Å². The first-order valence-electron chi connectivity index (χ1n) is 5.48. The fourth-order valence-electron chi connectivity index (χ4n) is 2.17. The smallest absolute Gasteiger partial charge is 0.270 e. The van der Waals surface area contributed by atoms with Crippen LogP contribution in [0.5, 0.6) is 0 Å². The third-order valence-corrected chi connectivity index (χ3v) is 5.01. The van der Waals surface area contributed by atoms with E-state index in [1.807, 2.05) is 0 Å². The molecule has 0 unspecified atom stereocenters. The Labute approximate surface area is 108 Å². The number of aromatic nitrogens is 1. The van der Waals surface area contributed by atoms with Crippen LogP contribution in [-0.4, -0.2) is 22.8 Å². The van der Waals surface area contributed by atoms with Crippen LogP contribution in [0.15, 0.2) is 10.9 Å². The largest absolute Gasteiger partial charge is 0.350 e. The number of hydrogen-bond donors (Lipinski definition) is 1.